The molecule has 2 N–H and O–H groups in total. The summed E-state index contributed by atoms with van der Waals surface area (Å²) in [7, 11) is 1.54. The predicted octanol–water partition coefficient (Wildman–Crippen LogP) is 7.62. The van der Waals surface area contributed by atoms with Gasteiger partial charge in [-0.25, -0.2) is 19.4 Å². The lowest BCUT2D eigenvalue weighted by Gasteiger charge is -2.49. The quantitative estimate of drug-likeness (QED) is 0.0280. The van der Waals surface area contributed by atoms with Gasteiger partial charge in [-0.15, -0.1) is 23.4 Å². The van der Waals surface area contributed by atoms with Crippen molar-refractivity contribution in [3.63, 3.8) is 0 Å². The molecule has 3 atom stereocenters. The summed E-state index contributed by atoms with van der Waals surface area (Å²) in [5.41, 5.74) is 1.04. The van der Waals surface area contributed by atoms with E-state index >= 15 is 0 Å². The molecule has 4 aromatic rings. The number of β-lactam (4-membered cyclic amide) rings is 1. The fourth-order valence-electron chi connectivity index (χ4n) is 6.18. The summed E-state index contributed by atoms with van der Waals surface area (Å²) in [5, 5.41) is 8.50. The second-order valence-electron chi connectivity index (χ2n) is 14.7. The minimum atomic E-state index is -1.31. The summed E-state index contributed by atoms with van der Waals surface area (Å²) < 4.78 is 22.0. The molecule has 2 aliphatic heterocycles. The molecule has 15 nitrogen and oxygen atoms in total. The Kier molecular flexibility index (Phi) is 15.2. The number of thiazole rings is 1. The van der Waals surface area contributed by atoms with Crippen LogP contribution in [0.2, 0.25) is 4.34 Å². The molecule has 3 aromatic carbocycles. The standard InChI is InChI=1S/C43H43Cl2N5O10S2/c1-6-29(39(53)58-34(25-13-9-7-10-14-25)26-15-11-8-12-16-26)60-49-31(30-35(45)62-41(47-30)48-42(55)59-43(2,3)4)36(51)46-32-37(52)50-33(27(21-44)23-61-38(32)50)40(54)57-22-24-17-19-28(56-5)20-18-24/h7-20,29,32,34,38H,6,21-23H2,1-5H3,(H,46,51)(H,47,48,55)/t29-,32?,38?/m0/s1. The van der Waals surface area contributed by atoms with Gasteiger partial charge < -0.3 is 29.1 Å². The maximum atomic E-state index is 14.2. The van der Waals surface area contributed by atoms with Crippen molar-refractivity contribution in [1.82, 2.24) is 15.2 Å². The first-order chi connectivity index (χ1) is 29.7. The lowest BCUT2D eigenvalue weighted by Crippen LogP contribution is -2.71. The lowest BCUT2D eigenvalue weighted by molar-refractivity contribution is -0.161. The number of halogens is 2. The number of rotatable bonds is 16. The van der Waals surface area contributed by atoms with Crippen LogP contribution in [0.1, 0.15) is 62.6 Å². The van der Waals surface area contributed by atoms with E-state index in [-0.39, 0.29) is 45.5 Å². The van der Waals surface area contributed by atoms with Gasteiger partial charge in [0.15, 0.2) is 16.9 Å². The summed E-state index contributed by atoms with van der Waals surface area (Å²) in [6, 6.07) is 24.1. The topological polar surface area (TPSA) is 184 Å². The Hall–Kier alpha value is -5.62. The Balaban J connectivity index is 1.23. The summed E-state index contributed by atoms with van der Waals surface area (Å²) >= 11 is 14.9. The first kappa shape index (κ1) is 45.9. The van der Waals surface area contributed by atoms with Crippen LogP contribution in [0.5, 0.6) is 5.75 Å². The van der Waals surface area contributed by atoms with Gasteiger partial charge in [0.2, 0.25) is 6.10 Å². The van der Waals surface area contributed by atoms with Crippen molar-refractivity contribution < 1.29 is 47.8 Å². The zero-order valence-corrected chi connectivity index (χ0v) is 37.4. The Morgan fingerprint density at radius 1 is 0.984 bits per heavy atom. The van der Waals surface area contributed by atoms with Gasteiger partial charge in [-0.2, -0.15) is 0 Å². The van der Waals surface area contributed by atoms with Crippen LogP contribution in [0, 0.1) is 0 Å². The van der Waals surface area contributed by atoms with E-state index in [9.17, 15) is 24.0 Å². The molecule has 2 unspecified atom stereocenters. The molecule has 1 aromatic heterocycles. The highest BCUT2D eigenvalue weighted by Gasteiger charge is 2.54. The third-order valence-electron chi connectivity index (χ3n) is 9.19. The highest BCUT2D eigenvalue weighted by molar-refractivity contribution is 8.00. The number of hydrogen-bond donors (Lipinski definition) is 2. The van der Waals surface area contributed by atoms with E-state index < -0.39 is 64.8 Å². The SMILES string of the molecule is CC[C@H](ON=C(C(=O)NC1C(=O)N2C(C(=O)OCc3ccc(OC)cc3)=C(CCl)CSC12)c1nc(NC(=O)OC(C)(C)C)sc1Cl)C(=O)OC(c1ccccc1)c1ccccc1. The number of hydrogen-bond acceptors (Lipinski definition) is 14. The average Bonchev–Trinajstić information content (AvgIpc) is 3.62. The Morgan fingerprint density at radius 2 is 1.63 bits per heavy atom. The number of carbonyl (C=O) groups is 5. The minimum absolute atomic E-state index is 0.000927. The monoisotopic (exact) mass is 923 g/mol. The predicted molar refractivity (Wildman–Crippen MR) is 235 cm³/mol. The maximum absolute atomic E-state index is 14.2. The molecule has 1 fully saturated rings. The number of oxime groups is 1. The van der Waals surface area contributed by atoms with Crippen molar-refractivity contribution in [3.8, 4) is 5.75 Å². The number of amides is 3. The van der Waals surface area contributed by atoms with Gasteiger partial charge in [-0.1, -0.05) is 108 Å². The number of benzene rings is 3. The normalized spacial score (nSPS) is 16.7. The van der Waals surface area contributed by atoms with Gasteiger partial charge in [-0.3, -0.25) is 19.8 Å². The largest absolute Gasteiger partial charge is 0.497 e. The number of fused-ring (bicyclic) bond motifs is 1. The summed E-state index contributed by atoms with van der Waals surface area (Å²) in [5.74, 6) is -2.23. The number of nitrogens with one attached hydrogen (secondary N) is 2. The van der Waals surface area contributed by atoms with Gasteiger partial charge in [-0.05, 0) is 61.6 Å². The molecule has 6 rings (SSSR count). The summed E-state index contributed by atoms with van der Waals surface area (Å²) in [4.78, 5) is 79.2. The van der Waals surface area contributed by atoms with Crippen LogP contribution in [0.3, 0.4) is 0 Å². The van der Waals surface area contributed by atoms with Gasteiger partial charge in [0.25, 0.3) is 11.8 Å². The van der Waals surface area contributed by atoms with E-state index in [4.69, 9.17) is 47.0 Å². The zero-order chi connectivity index (χ0) is 44.6. The molecule has 0 spiro atoms. The van der Waals surface area contributed by atoms with Crippen LogP contribution in [0.15, 0.2) is 101 Å². The van der Waals surface area contributed by atoms with Crippen molar-refractivity contribution in [2.75, 3.05) is 24.1 Å². The van der Waals surface area contributed by atoms with Gasteiger partial charge in [0.1, 0.15) is 45.1 Å². The second-order valence-corrected chi connectivity index (χ2v) is 17.7. The number of ether oxygens (including phenoxy) is 4. The van der Waals surface area contributed by atoms with E-state index in [0.717, 1.165) is 11.3 Å². The molecule has 3 amide bonds. The van der Waals surface area contributed by atoms with Gasteiger partial charge in [0, 0.05) is 11.6 Å². The summed E-state index contributed by atoms with van der Waals surface area (Å²) in [6.07, 6.45) is -2.86. The van der Waals surface area contributed by atoms with Crippen LogP contribution >= 0.6 is 46.3 Å². The molecule has 0 bridgehead atoms. The van der Waals surface area contributed by atoms with Gasteiger partial charge in [0.05, 0.1) is 7.11 Å². The van der Waals surface area contributed by atoms with Gasteiger partial charge >= 0.3 is 18.0 Å². The number of nitrogens with zero attached hydrogens (tertiary/aromatic N) is 3. The number of methoxy groups -OCH3 is 1. The second kappa shape index (κ2) is 20.5. The molecule has 0 radical (unpaired) electrons. The summed E-state index contributed by atoms with van der Waals surface area (Å²) in [6.45, 7) is 6.65. The molecule has 326 valence electrons. The van der Waals surface area contributed by atoms with Crippen molar-refractivity contribution >= 4 is 87.0 Å². The van der Waals surface area contributed by atoms with E-state index in [0.29, 0.717) is 28.0 Å². The van der Waals surface area contributed by atoms with Crippen molar-refractivity contribution in [3.05, 3.63) is 123 Å². The van der Waals surface area contributed by atoms with Crippen LogP contribution < -0.4 is 15.4 Å². The number of thioether (sulfide) groups is 1. The Bertz CT molecular complexity index is 2300. The number of anilines is 1. The van der Waals surface area contributed by atoms with Crippen molar-refractivity contribution in [2.45, 2.75) is 69.9 Å². The van der Waals surface area contributed by atoms with Crippen LogP contribution in [0.25, 0.3) is 0 Å². The molecule has 0 aliphatic carbocycles. The first-order valence-corrected chi connectivity index (χ1v) is 22.0. The lowest BCUT2D eigenvalue weighted by atomic mass is 10.0. The number of carbonyl (C=O) groups excluding carboxylic acids is 5. The molecular weight excluding hydrogens is 882 g/mol. The molecule has 1 saturated heterocycles. The first-order valence-electron chi connectivity index (χ1n) is 19.3. The Morgan fingerprint density at radius 3 is 2.21 bits per heavy atom. The van der Waals surface area contributed by atoms with Crippen LogP contribution in [-0.2, 0) is 44.8 Å². The van der Waals surface area contributed by atoms with E-state index in [1.165, 1.54) is 16.7 Å². The zero-order valence-electron chi connectivity index (χ0n) is 34.2. The molecule has 2 aliphatic rings. The number of alkyl halides is 1. The Labute approximate surface area is 376 Å². The van der Waals surface area contributed by atoms with Crippen molar-refractivity contribution in [1.29, 1.82) is 0 Å². The highest BCUT2D eigenvalue weighted by atomic mass is 35.5. The molecule has 0 saturated carbocycles. The third kappa shape index (κ3) is 11.1. The van der Waals surface area contributed by atoms with Crippen LogP contribution in [-0.4, -0.2) is 87.3 Å². The number of esters is 2. The van der Waals surface area contributed by atoms with Crippen LogP contribution in [0.4, 0.5) is 9.93 Å². The number of aromatic nitrogens is 1. The average molecular weight is 925 g/mol. The molecule has 3 heterocycles. The minimum Gasteiger partial charge on any atom is -0.497 e. The molecular formula is C43H43Cl2N5O10S2. The molecule has 62 heavy (non-hydrogen) atoms. The maximum Gasteiger partial charge on any atom is 0.413 e. The van der Waals surface area contributed by atoms with E-state index in [1.807, 2.05) is 60.7 Å². The van der Waals surface area contributed by atoms with Crippen molar-refractivity contribution in [2.24, 2.45) is 5.16 Å². The van der Waals surface area contributed by atoms with E-state index in [2.05, 4.69) is 20.8 Å². The third-order valence-corrected chi connectivity index (χ3v) is 12.0. The molecule has 19 heteroatoms. The van der Waals surface area contributed by atoms with E-state index in [1.54, 1.807) is 59.1 Å². The fraction of sp³-hybridized carbons (Fsp3) is 0.326. The highest BCUT2D eigenvalue weighted by Crippen LogP contribution is 2.41. The smallest absolute Gasteiger partial charge is 0.413 e. The fourth-order valence-corrected chi connectivity index (χ4v) is 8.89.